The van der Waals surface area contributed by atoms with Gasteiger partial charge in [0.1, 0.15) is 0 Å². The monoisotopic (exact) mass is 299 g/mol. The summed E-state index contributed by atoms with van der Waals surface area (Å²) in [4.78, 5) is 14.8. The molecular weight excluding hydrogens is 278 g/mol. The van der Waals surface area contributed by atoms with Crippen molar-refractivity contribution in [3.8, 4) is 0 Å². The molecule has 1 aliphatic heterocycles. The van der Waals surface area contributed by atoms with E-state index >= 15 is 0 Å². The highest BCUT2D eigenvalue weighted by Crippen LogP contribution is 2.36. The van der Waals surface area contributed by atoms with E-state index in [9.17, 15) is 4.79 Å². The Morgan fingerprint density at radius 1 is 1.58 bits per heavy atom. The molecule has 1 aromatic rings. The topological polar surface area (TPSA) is 40.5 Å². The second-order valence-corrected chi connectivity index (χ2v) is 7.40. The summed E-state index contributed by atoms with van der Waals surface area (Å²) < 4.78 is 0. The quantitative estimate of drug-likeness (QED) is 0.905. The Bertz CT molecular complexity index is 406. The maximum atomic E-state index is 11.1. The van der Waals surface area contributed by atoms with E-state index in [1.54, 1.807) is 11.3 Å². The van der Waals surface area contributed by atoms with Gasteiger partial charge >= 0.3 is 5.97 Å². The van der Waals surface area contributed by atoms with Crippen molar-refractivity contribution in [2.45, 2.75) is 32.4 Å². The summed E-state index contributed by atoms with van der Waals surface area (Å²) in [7, 11) is 0. The molecule has 2 atom stereocenters. The Kier molecular flexibility index (Phi) is 5.30. The summed E-state index contributed by atoms with van der Waals surface area (Å²) in [5.74, 6) is 1.84. The maximum absolute atomic E-state index is 11.1. The molecule has 3 nitrogen and oxygen atoms in total. The second kappa shape index (κ2) is 6.77. The van der Waals surface area contributed by atoms with Crippen LogP contribution in [0.1, 0.15) is 31.2 Å². The predicted molar refractivity (Wildman–Crippen MR) is 82.0 cm³/mol. The molecule has 0 aromatic carbocycles. The van der Waals surface area contributed by atoms with Crippen LogP contribution < -0.4 is 0 Å². The van der Waals surface area contributed by atoms with Crippen molar-refractivity contribution in [3.63, 3.8) is 0 Å². The molecule has 0 saturated carbocycles. The van der Waals surface area contributed by atoms with E-state index in [0.717, 1.165) is 18.1 Å². The summed E-state index contributed by atoms with van der Waals surface area (Å²) in [5, 5.41) is 11.2. The zero-order valence-electron chi connectivity index (χ0n) is 11.4. The lowest BCUT2D eigenvalue weighted by Gasteiger charge is -2.42. The Morgan fingerprint density at radius 3 is 2.95 bits per heavy atom. The first-order valence-corrected chi connectivity index (χ1v) is 8.71. The largest absolute Gasteiger partial charge is 0.481 e. The van der Waals surface area contributed by atoms with Gasteiger partial charge in [0.05, 0.1) is 6.42 Å². The van der Waals surface area contributed by atoms with Crippen molar-refractivity contribution in [2.24, 2.45) is 5.92 Å². The van der Waals surface area contributed by atoms with Gasteiger partial charge in [-0.3, -0.25) is 9.69 Å². The average molecular weight is 299 g/mol. The fraction of sp³-hybridized carbons (Fsp3) is 0.643. The minimum Gasteiger partial charge on any atom is -0.481 e. The van der Waals surface area contributed by atoms with Gasteiger partial charge in [0.2, 0.25) is 0 Å². The van der Waals surface area contributed by atoms with Gasteiger partial charge in [-0.2, -0.15) is 11.8 Å². The number of nitrogens with zero attached hydrogens (tertiary/aromatic N) is 1. The highest BCUT2D eigenvalue weighted by atomic mass is 32.2. The summed E-state index contributed by atoms with van der Waals surface area (Å²) in [6.45, 7) is 5.44. The molecule has 0 amide bonds. The van der Waals surface area contributed by atoms with Crippen LogP contribution in [-0.4, -0.2) is 40.1 Å². The molecule has 0 spiro atoms. The molecule has 2 heterocycles. The van der Waals surface area contributed by atoms with E-state index in [0.29, 0.717) is 12.0 Å². The first kappa shape index (κ1) is 14.9. The molecule has 1 aliphatic rings. The van der Waals surface area contributed by atoms with E-state index in [2.05, 4.69) is 36.3 Å². The molecule has 1 fully saturated rings. The van der Waals surface area contributed by atoms with Gasteiger partial charge in [-0.15, -0.1) is 11.3 Å². The third kappa shape index (κ3) is 3.74. The van der Waals surface area contributed by atoms with E-state index in [1.165, 1.54) is 4.88 Å². The summed E-state index contributed by atoms with van der Waals surface area (Å²) >= 11 is 3.65. The van der Waals surface area contributed by atoms with Crippen LogP contribution >= 0.6 is 23.1 Å². The Morgan fingerprint density at radius 2 is 2.37 bits per heavy atom. The number of carboxylic acids is 1. The zero-order valence-corrected chi connectivity index (χ0v) is 13.0. The SMILES string of the molecule is CC(C)C(c1cccs1)N1CCSCC1CC(=O)O. The maximum Gasteiger partial charge on any atom is 0.304 e. The van der Waals surface area contributed by atoms with Crippen LogP contribution in [0.3, 0.4) is 0 Å². The van der Waals surface area contributed by atoms with Crippen LogP contribution in [0.4, 0.5) is 0 Å². The predicted octanol–water partition coefficient (Wildman–Crippen LogP) is 3.34. The van der Waals surface area contributed by atoms with Crippen LogP contribution in [0.5, 0.6) is 0 Å². The fourth-order valence-electron chi connectivity index (χ4n) is 2.75. The zero-order chi connectivity index (χ0) is 13.8. The number of hydrogen-bond donors (Lipinski definition) is 1. The Hall–Kier alpha value is -0.520. The summed E-state index contributed by atoms with van der Waals surface area (Å²) in [6, 6.07) is 4.77. The lowest BCUT2D eigenvalue weighted by molar-refractivity contribution is -0.138. The number of rotatable bonds is 5. The standard InChI is InChI=1S/C14H21NO2S2/c1-10(2)14(12-4-3-6-19-12)15-5-7-18-9-11(15)8-13(16)17/h3-4,6,10-11,14H,5,7-9H2,1-2H3,(H,16,17). The van der Waals surface area contributed by atoms with Crippen LogP contribution in [0.25, 0.3) is 0 Å². The van der Waals surface area contributed by atoms with Crippen molar-refractivity contribution < 1.29 is 9.90 Å². The number of carbonyl (C=O) groups is 1. The molecule has 0 radical (unpaired) electrons. The first-order valence-electron chi connectivity index (χ1n) is 6.68. The Balaban J connectivity index is 2.20. The third-order valence-corrected chi connectivity index (χ3v) is 5.54. The smallest absolute Gasteiger partial charge is 0.304 e. The van der Waals surface area contributed by atoms with Crippen LogP contribution in [0, 0.1) is 5.92 Å². The number of thioether (sulfide) groups is 1. The van der Waals surface area contributed by atoms with Gasteiger partial charge in [-0.1, -0.05) is 19.9 Å². The van der Waals surface area contributed by atoms with E-state index in [1.807, 2.05) is 11.8 Å². The van der Waals surface area contributed by atoms with Crippen LogP contribution in [0.2, 0.25) is 0 Å². The first-order chi connectivity index (χ1) is 9.09. The van der Waals surface area contributed by atoms with Crippen LogP contribution in [-0.2, 0) is 4.79 Å². The van der Waals surface area contributed by atoms with Crippen molar-refractivity contribution in [1.29, 1.82) is 0 Å². The minimum atomic E-state index is -0.689. The molecule has 0 aliphatic carbocycles. The molecule has 2 unspecified atom stereocenters. The van der Waals surface area contributed by atoms with Crippen molar-refractivity contribution in [1.82, 2.24) is 4.90 Å². The normalized spacial score (nSPS) is 22.6. The number of aliphatic carboxylic acids is 1. The van der Waals surface area contributed by atoms with Gasteiger partial charge in [-0.25, -0.2) is 0 Å². The fourth-order valence-corrected chi connectivity index (χ4v) is 4.85. The number of carboxylic acid groups (broad SMARTS) is 1. The molecule has 2 rings (SSSR count). The van der Waals surface area contributed by atoms with Crippen molar-refractivity contribution >= 4 is 29.1 Å². The van der Waals surface area contributed by atoms with Crippen molar-refractivity contribution in [3.05, 3.63) is 22.4 Å². The number of thiophene rings is 1. The second-order valence-electron chi connectivity index (χ2n) is 5.27. The molecule has 1 N–H and O–H groups in total. The average Bonchev–Trinajstić information content (AvgIpc) is 2.84. The summed E-state index contributed by atoms with van der Waals surface area (Å²) in [5.41, 5.74) is 0. The van der Waals surface area contributed by atoms with Crippen LogP contribution in [0.15, 0.2) is 17.5 Å². The molecule has 1 aromatic heterocycles. The summed E-state index contributed by atoms with van der Waals surface area (Å²) in [6.07, 6.45) is 0.252. The lowest BCUT2D eigenvalue weighted by Crippen LogP contribution is -2.46. The van der Waals surface area contributed by atoms with Gasteiger partial charge in [0, 0.05) is 35.0 Å². The van der Waals surface area contributed by atoms with Gasteiger partial charge < -0.3 is 5.11 Å². The van der Waals surface area contributed by atoms with Gasteiger partial charge in [0.15, 0.2) is 0 Å². The van der Waals surface area contributed by atoms with Gasteiger partial charge in [-0.05, 0) is 17.4 Å². The third-order valence-electron chi connectivity index (χ3n) is 3.51. The molecule has 1 saturated heterocycles. The van der Waals surface area contributed by atoms with E-state index in [4.69, 9.17) is 5.11 Å². The molecular formula is C14H21NO2S2. The molecule has 5 heteroatoms. The van der Waals surface area contributed by atoms with E-state index in [-0.39, 0.29) is 12.5 Å². The van der Waals surface area contributed by atoms with Crippen molar-refractivity contribution in [2.75, 3.05) is 18.1 Å². The van der Waals surface area contributed by atoms with E-state index < -0.39 is 5.97 Å². The molecule has 19 heavy (non-hydrogen) atoms. The lowest BCUT2D eigenvalue weighted by atomic mass is 9.98. The molecule has 106 valence electrons. The highest BCUT2D eigenvalue weighted by Gasteiger charge is 2.33. The minimum absolute atomic E-state index is 0.158. The van der Waals surface area contributed by atoms with Gasteiger partial charge in [0.25, 0.3) is 0 Å². The number of hydrogen-bond acceptors (Lipinski definition) is 4. The molecule has 0 bridgehead atoms. The highest BCUT2D eigenvalue weighted by molar-refractivity contribution is 7.99. The Labute approximate surface area is 123 Å².